The van der Waals surface area contributed by atoms with Crippen molar-refractivity contribution in [3.8, 4) is 11.5 Å². The van der Waals surface area contributed by atoms with Gasteiger partial charge in [-0.1, -0.05) is 25.4 Å². The third-order valence-electron chi connectivity index (χ3n) is 2.84. The number of amides is 2. The first-order chi connectivity index (χ1) is 12.2. The molecule has 0 aliphatic rings. The number of hydrogen-bond acceptors (Lipinski definition) is 7. The molecular formula is C16H19ClN3O6-. The van der Waals surface area contributed by atoms with Crippen LogP contribution in [0.2, 0.25) is 5.02 Å². The first-order valence-electron chi connectivity index (χ1n) is 7.56. The number of carbonyl (C=O) groups excluding carboxylic acids is 3. The van der Waals surface area contributed by atoms with Crippen LogP contribution in [0.15, 0.2) is 17.2 Å². The van der Waals surface area contributed by atoms with Crippen molar-refractivity contribution in [3.05, 3.63) is 22.7 Å². The number of carbonyl (C=O) groups is 3. The number of aliphatic carboxylic acids is 1. The van der Waals surface area contributed by atoms with E-state index in [1.807, 2.05) is 13.8 Å². The summed E-state index contributed by atoms with van der Waals surface area (Å²) in [4.78, 5) is 33.6. The van der Waals surface area contributed by atoms with E-state index in [9.17, 15) is 19.5 Å². The van der Waals surface area contributed by atoms with Crippen molar-refractivity contribution < 1.29 is 29.0 Å². The standard InChI is InChI=1S/C16H20ClN3O6/c1-9(2)6-18-15(23)16(24)20-19-7-10-4-11(17)14(12(5-10)25-3)26-8-13(21)22/h4-5,7,9H,6,8H2,1-3H3,(H,18,23)(H,20,24)(H,21,22)/p-1/b19-7-. The summed E-state index contributed by atoms with van der Waals surface area (Å²) in [6.45, 7) is 3.47. The normalized spacial score (nSPS) is 10.7. The Morgan fingerprint density at radius 3 is 2.58 bits per heavy atom. The van der Waals surface area contributed by atoms with Crippen LogP contribution in [0.1, 0.15) is 19.4 Å². The van der Waals surface area contributed by atoms with Crippen molar-refractivity contribution in [2.75, 3.05) is 20.3 Å². The Kier molecular flexibility index (Phi) is 8.36. The zero-order valence-electron chi connectivity index (χ0n) is 14.5. The molecule has 0 radical (unpaired) electrons. The lowest BCUT2D eigenvalue weighted by Crippen LogP contribution is -2.39. The molecule has 0 aliphatic carbocycles. The van der Waals surface area contributed by atoms with Gasteiger partial charge in [-0.15, -0.1) is 0 Å². The van der Waals surface area contributed by atoms with Gasteiger partial charge in [0.1, 0.15) is 6.61 Å². The largest absolute Gasteiger partial charge is 0.546 e. The summed E-state index contributed by atoms with van der Waals surface area (Å²) in [6, 6.07) is 2.88. The maximum absolute atomic E-state index is 11.6. The molecule has 0 saturated heterocycles. The highest BCUT2D eigenvalue weighted by Gasteiger charge is 2.13. The molecule has 0 saturated carbocycles. The van der Waals surface area contributed by atoms with Gasteiger partial charge < -0.3 is 24.7 Å². The van der Waals surface area contributed by atoms with Gasteiger partial charge in [-0.2, -0.15) is 5.10 Å². The molecule has 1 rings (SSSR count). The van der Waals surface area contributed by atoms with Crippen LogP contribution in [0.5, 0.6) is 11.5 Å². The van der Waals surface area contributed by atoms with Crippen LogP contribution in [0.4, 0.5) is 0 Å². The summed E-state index contributed by atoms with van der Waals surface area (Å²) < 4.78 is 10.1. The Bertz CT molecular complexity index is 705. The van der Waals surface area contributed by atoms with Crippen molar-refractivity contribution in [1.82, 2.24) is 10.7 Å². The molecule has 26 heavy (non-hydrogen) atoms. The average molecular weight is 385 g/mol. The van der Waals surface area contributed by atoms with Gasteiger partial charge >= 0.3 is 11.8 Å². The molecule has 0 fully saturated rings. The lowest BCUT2D eigenvalue weighted by Gasteiger charge is -2.13. The molecule has 0 aliphatic heterocycles. The Labute approximate surface area is 155 Å². The van der Waals surface area contributed by atoms with Crippen LogP contribution in [0.3, 0.4) is 0 Å². The number of rotatable bonds is 8. The number of halogens is 1. The molecule has 142 valence electrons. The van der Waals surface area contributed by atoms with Crippen molar-refractivity contribution in [3.63, 3.8) is 0 Å². The third kappa shape index (κ3) is 6.98. The van der Waals surface area contributed by atoms with E-state index >= 15 is 0 Å². The second-order valence-corrected chi connectivity index (χ2v) is 5.90. The second-order valence-electron chi connectivity index (χ2n) is 5.50. The van der Waals surface area contributed by atoms with E-state index in [0.717, 1.165) is 0 Å². The minimum absolute atomic E-state index is 0.0348. The molecule has 0 spiro atoms. The molecule has 0 heterocycles. The number of methoxy groups -OCH3 is 1. The van der Waals surface area contributed by atoms with Gasteiger partial charge in [-0.25, -0.2) is 5.43 Å². The maximum atomic E-state index is 11.6. The van der Waals surface area contributed by atoms with Gasteiger partial charge in [0.25, 0.3) is 0 Å². The van der Waals surface area contributed by atoms with E-state index in [-0.39, 0.29) is 22.4 Å². The molecule has 10 heteroatoms. The number of hydrazone groups is 1. The van der Waals surface area contributed by atoms with Crippen LogP contribution < -0.4 is 25.3 Å². The zero-order chi connectivity index (χ0) is 19.7. The summed E-state index contributed by atoms with van der Waals surface area (Å²) in [5.41, 5.74) is 2.51. The van der Waals surface area contributed by atoms with E-state index in [1.54, 1.807) is 0 Å². The number of nitrogens with zero attached hydrogens (tertiary/aromatic N) is 1. The first kappa shape index (κ1) is 21.2. The van der Waals surface area contributed by atoms with Gasteiger partial charge in [-0.3, -0.25) is 9.59 Å². The topological polar surface area (TPSA) is 129 Å². The van der Waals surface area contributed by atoms with E-state index in [2.05, 4.69) is 15.8 Å². The highest BCUT2D eigenvalue weighted by Crippen LogP contribution is 2.35. The van der Waals surface area contributed by atoms with Crippen molar-refractivity contribution in [2.24, 2.45) is 11.0 Å². The molecule has 0 atom stereocenters. The average Bonchev–Trinajstić information content (AvgIpc) is 2.57. The van der Waals surface area contributed by atoms with Crippen molar-refractivity contribution in [1.29, 1.82) is 0 Å². The molecule has 1 aromatic carbocycles. The molecule has 2 N–H and O–H groups in total. The number of hydrogen-bond donors (Lipinski definition) is 2. The Balaban J connectivity index is 2.76. The minimum Gasteiger partial charge on any atom is -0.546 e. The van der Waals surface area contributed by atoms with Crippen molar-refractivity contribution >= 4 is 35.6 Å². The molecule has 0 aromatic heterocycles. The third-order valence-corrected chi connectivity index (χ3v) is 3.12. The van der Waals surface area contributed by atoms with Gasteiger partial charge in [0.15, 0.2) is 11.5 Å². The number of benzene rings is 1. The molecular weight excluding hydrogens is 366 g/mol. The Hall–Kier alpha value is -2.81. The summed E-state index contributed by atoms with van der Waals surface area (Å²) >= 11 is 6.03. The zero-order valence-corrected chi connectivity index (χ0v) is 15.3. The van der Waals surface area contributed by atoms with E-state index in [0.29, 0.717) is 12.1 Å². The Morgan fingerprint density at radius 2 is 2.00 bits per heavy atom. The fourth-order valence-electron chi connectivity index (χ4n) is 1.68. The van der Waals surface area contributed by atoms with Crippen LogP contribution in [-0.4, -0.2) is 44.3 Å². The van der Waals surface area contributed by atoms with Gasteiger partial charge in [0.05, 0.1) is 24.3 Å². The fourth-order valence-corrected chi connectivity index (χ4v) is 1.95. The minimum atomic E-state index is -1.41. The molecule has 1 aromatic rings. The lowest BCUT2D eigenvalue weighted by molar-refractivity contribution is -0.307. The first-order valence-corrected chi connectivity index (χ1v) is 7.93. The Morgan fingerprint density at radius 1 is 1.31 bits per heavy atom. The van der Waals surface area contributed by atoms with Crippen LogP contribution >= 0.6 is 11.6 Å². The summed E-state index contributed by atoms with van der Waals surface area (Å²) in [7, 11) is 1.35. The van der Waals surface area contributed by atoms with Crippen LogP contribution in [0, 0.1) is 5.92 Å². The molecule has 0 bridgehead atoms. The number of carboxylic acid groups (broad SMARTS) is 1. The van der Waals surface area contributed by atoms with Gasteiger partial charge in [0.2, 0.25) is 0 Å². The van der Waals surface area contributed by atoms with E-state index in [4.69, 9.17) is 21.1 Å². The maximum Gasteiger partial charge on any atom is 0.329 e. The lowest BCUT2D eigenvalue weighted by atomic mass is 10.2. The van der Waals surface area contributed by atoms with Gasteiger partial charge in [-0.05, 0) is 23.6 Å². The summed E-state index contributed by atoms with van der Waals surface area (Å²) in [6.07, 6.45) is 1.24. The van der Waals surface area contributed by atoms with Crippen LogP contribution in [0.25, 0.3) is 0 Å². The van der Waals surface area contributed by atoms with Crippen LogP contribution in [-0.2, 0) is 14.4 Å². The molecule has 0 unspecified atom stereocenters. The van der Waals surface area contributed by atoms with E-state index < -0.39 is 24.4 Å². The molecule has 2 amide bonds. The number of ether oxygens (including phenoxy) is 2. The van der Waals surface area contributed by atoms with E-state index in [1.165, 1.54) is 25.5 Å². The number of carboxylic acids is 1. The summed E-state index contributed by atoms with van der Waals surface area (Å²) in [5, 5.41) is 16.7. The number of nitrogens with one attached hydrogen (secondary N) is 2. The molecule has 9 nitrogen and oxygen atoms in total. The van der Waals surface area contributed by atoms with Crippen molar-refractivity contribution in [2.45, 2.75) is 13.8 Å². The predicted octanol–water partition coefficient (Wildman–Crippen LogP) is -0.300. The quantitative estimate of drug-likeness (QED) is 0.359. The second kappa shape index (κ2) is 10.2. The van der Waals surface area contributed by atoms with Gasteiger partial charge in [0, 0.05) is 6.54 Å². The predicted molar refractivity (Wildman–Crippen MR) is 92.1 cm³/mol. The SMILES string of the molecule is COc1cc(/C=N\NC(=O)C(=O)NCC(C)C)cc(Cl)c1OCC(=O)[O-]. The smallest absolute Gasteiger partial charge is 0.329 e. The highest BCUT2D eigenvalue weighted by molar-refractivity contribution is 6.35. The monoisotopic (exact) mass is 384 g/mol. The highest BCUT2D eigenvalue weighted by atomic mass is 35.5. The fraction of sp³-hybridized carbons (Fsp3) is 0.375. The summed E-state index contributed by atoms with van der Waals surface area (Å²) in [5.74, 6) is -2.70.